The average molecular weight is 160 g/mol. The van der Waals surface area contributed by atoms with Crippen molar-refractivity contribution >= 4 is 17.3 Å². The number of nitrogens with zero attached hydrogens (tertiary/aromatic N) is 1. The molecular weight excluding hydrogens is 144 g/mol. The van der Waals surface area contributed by atoms with Gasteiger partial charge in [0.15, 0.2) is 5.11 Å². The van der Waals surface area contributed by atoms with Gasteiger partial charge in [0.25, 0.3) is 0 Å². The van der Waals surface area contributed by atoms with Gasteiger partial charge in [-0.05, 0) is 18.1 Å². The first-order valence-electron chi connectivity index (χ1n) is 3.49. The summed E-state index contributed by atoms with van der Waals surface area (Å²) in [4.78, 5) is 1.90. The van der Waals surface area contributed by atoms with E-state index in [-0.39, 0.29) is 0 Å². The van der Waals surface area contributed by atoms with Crippen molar-refractivity contribution in [1.29, 1.82) is 0 Å². The Hall–Kier alpha value is -0.310. The Balaban J connectivity index is 3.40. The summed E-state index contributed by atoms with van der Waals surface area (Å²) in [6.07, 6.45) is 0. The van der Waals surface area contributed by atoms with Gasteiger partial charge in [-0.1, -0.05) is 13.8 Å². The van der Waals surface area contributed by atoms with E-state index in [1.54, 1.807) is 0 Å². The molecule has 0 aliphatic rings. The Labute approximate surface area is 68.6 Å². The highest BCUT2D eigenvalue weighted by Crippen LogP contribution is 1.88. The maximum absolute atomic E-state index is 5.01. The van der Waals surface area contributed by atoms with Crippen molar-refractivity contribution in [2.24, 2.45) is 5.92 Å². The van der Waals surface area contributed by atoms with Gasteiger partial charge in [-0.3, -0.25) is 0 Å². The van der Waals surface area contributed by atoms with Gasteiger partial charge < -0.3 is 10.2 Å². The number of rotatable bonds is 2. The molecule has 0 bridgehead atoms. The van der Waals surface area contributed by atoms with Gasteiger partial charge in [-0.15, -0.1) is 0 Å². The fourth-order valence-corrected chi connectivity index (χ4v) is 0.533. The van der Waals surface area contributed by atoms with E-state index in [9.17, 15) is 0 Å². The molecule has 0 saturated carbocycles. The molecule has 0 aliphatic carbocycles. The molecule has 0 saturated heterocycles. The van der Waals surface area contributed by atoms with Crippen LogP contribution in [0.5, 0.6) is 0 Å². The van der Waals surface area contributed by atoms with Gasteiger partial charge in [-0.2, -0.15) is 0 Å². The van der Waals surface area contributed by atoms with Gasteiger partial charge in [-0.25, -0.2) is 0 Å². The molecule has 10 heavy (non-hydrogen) atoms. The van der Waals surface area contributed by atoms with Gasteiger partial charge >= 0.3 is 0 Å². The topological polar surface area (TPSA) is 15.3 Å². The van der Waals surface area contributed by atoms with Crippen LogP contribution in [0.25, 0.3) is 0 Å². The lowest BCUT2D eigenvalue weighted by atomic mass is 10.2. The zero-order valence-electron chi connectivity index (χ0n) is 7.14. The molecule has 0 spiro atoms. The lowest BCUT2D eigenvalue weighted by Crippen LogP contribution is -2.36. The largest absolute Gasteiger partial charge is 0.362 e. The number of nitrogens with one attached hydrogen (secondary N) is 1. The van der Waals surface area contributed by atoms with E-state index in [1.165, 1.54) is 0 Å². The van der Waals surface area contributed by atoms with Crippen molar-refractivity contribution in [2.75, 3.05) is 20.6 Å². The predicted molar refractivity (Wildman–Crippen MR) is 49.1 cm³/mol. The van der Waals surface area contributed by atoms with Crippen LogP contribution in [0.1, 0.15) is 13.8 Å². The van der Waals surface area contributed by atoms with Crippen molar-refractivity contribution in [3.05, 3.63) is 0 Å². The van der Waals surface area contributed by atoms with Crippen molar-refractivity contribution in [3.63, 3.8) is 0 Å². The third-order valence-electron chi connectivity index (χ3n) is 1.07. The van der Waals surface area contributed by atoms with E-state index < -0.39 is 0 Å². The first kappa shape index (κ1) is 9.69. The Morgan fingerprint density at radius 3 is 2.30 bits per heavy atom. The van der Waals surface area contributed by atoms with Crippen molar-refractivity contribution in [1.82, 2.24) is 10.2 Å². The van der Waals surface area contributed by atoms with E-state index in [2.05, 4.69) is 19.2 Å². The number of thiocarbonyl (C=S) groups is 1. The summed E-state index contributed by atoms with van der Waals surface area (Å²) in [5.41, 5.74) is 0. The summed E-state index contributed by atoms with van der Waals surface area (Å²) in [5.74, 6) is 0.651. The molecule has 2 nitrogen and oxygen atoms in total. The summed E-state index contributed by atoms with van der Waals surface area (Å²) < 4.78 is 0. The molecule has 60 valence electrons. The molecule has 0 rings (SSSR count). The second kappa shape index (κ2) is 4.50. The first-order chi connectivity index (χ1) is 4.54. The standard InChI is InChI=1S/C7H16N2S/c1-6(2)5-8-7(10)9(3)4/h6H,5H2,1-4H3,(H,8,10). The molecule has 0 aromatic rings. The summed E-state index contributed by atoms with van der Waals surface area (Å²) in [5, 5.41) is 3.95. The summed E-state index contributed by atoms with van der Waals surface area (Å²) in [7, 11) is 3.88. The quantitative estimate of drug-likeness (QED) is 0.609. The first-order valence-corrected chi connectivity index (χ1v) is 3.90. The van der Waals surface area contributed by atoms with Crippen LogP contribution in [0.3, 0.4) is 0 Å². The maximum Gasteiger partial charge on any atom is 0.168 e. The maximum atomic E-state index is 5.01. The van der Waals surface area contributed by atoms with Gasteiger partial charge in [0, 0.05) is 20.6 Å². The molecule has 0 aliphatic heterocycles. The molecule has 0 aromatic carbocycles. The highest BCUT2D eigenvalue weighted by Gasteiger charge is 1.97. The van der Waals surface area contributed by atoms with Crippen molar-refractivity contribution < 1.29 is 0 Å². The Bertz CT molecular complexity index is 110. The van der Waals surface area contributed by atoms with Crippen LogP contribution in [0.15, 0.2) is 0 Å². The second-order valence-corrected chi connectivity index (χ2v) is 3.36. The van der Waals surface area contributed by atoms with Crippen LogP contribution in [0, 0.1) is 5.92 Å². The van der Waals surface area contributed by atoms with Gasteiger partial charge in [0.2, 0.25) is 0 Å². The number of hydrogen-bond acceptors (Lipinski definition) is 1. The lowest BCUT2D eigenvalue weighted by molar-refractivity contribution is 0.563. The van der Waals surface area contributed by atoms with Crippen molar-refractivity contribution in [3.8, 4) is 0 Å². The van der Waals surface area contributed by atoms with E-state index in [0.29, 0.717) is 5.92 Å². The molecule has 3 heteroatoms. The highest BCUT2D eigenvalue weighted by molar-refractivity contribution is 7.80. The minimum absolute atomic E-state index is 0.651. The van der Waals surface area contributed by atoms with Crippen LogP contribution in [0.4, 0.5) is 0 Å². The van der Waals surface area contributed by atoms with Crippen LogP contribution in [-0.4, -0.2) is 30.7 Å². The zero-order chi connectivity index (χ0) is 8.15. The fourth-order valence-electron chi connectivity index (χ4n) is 0.450. The average Bonchev–Trinajstić information content (AvgIpc) is 1.82. The normalized spacial score (nSPS) is 9.70. The molecule has 0 radical (unpaired) electrons. The van der Waals surface area contributed by atoms with Crippen LogP contribution in [0.2, 0.25) is 0 Å². The van der Waals surface area contributed by atoms with Gasteiger partial charge in [0.05, 0.1) is 0 Å². The molecule has 0 atom stereocenters. The van der Waals surface area contributed by atoms with E-state index in [1.807, 2.05) is 19.0 Å². The summed E-state index contributed by atoms with van der Waals surface area (Å²) >= 11 is 5.01. The summed E-state index contributed by atoms with van der Waals surface area (Å²) in [6.45, 7) is 5.27. The molecule has 0 aromatic heterocycles. The molecule has 0 fully saturated rings. The Morgan fingerprint density at radius 1 is 1.50 bits per heavy atom. The molecule has 1 N–H and O–H groups in total. The minimum atomic E-state index is 0.651. The monoisotopic (exact) mass is 160 g/mol. The zero-order valence-corrected chi connectivity index (χ0v) is 7.96. The molecule has 0 amide bonds. The second-order valence-electron chi connectivity index (χ2n) is 2.97. The number of hydrogen-bond donors (Lipinski definition) is 1. The minimum Gasteiger partial charge on any atom is -0.362 e. The van der Waals surface area contributed by atoms with E-state index in [4.69, 9.17) is 12.2 Å². The predicted octanol–water partition coefficient (Wildman–Crippen LogP) is 1.08. The molecule has 0 unspecified atom stereocenters. The molecule has 0 heterocycles. The van der Waals surface area contributed by atoms with Crippen LogP contribution < -0.4 is 5.32 Å². The van der Waals surface area contributed by atoms with Crippen LogP contribution in [-0.2, 0) is 0 Å². The Morgan fingerprint density at radius 2 is 2.00 bits per heavy atom. The molecular formula is C7H16N2S. The Kier molecular flexibility index (Phi) is 4.36. The van der Waals surface area contributed by atoms with E-state index >= 15 is 0 Å². The van der Waals surface area contributed by atoms with E-state index in [0.717, 1.165) is 11.7 Å². The lowest BCUT2D eigenvalue weighted by Gasteiger charge is -2.16. The summed E-state index contributed by atoms with van der Waals surface area (Å²) in [6, 6.07) is 0. The highest BCUT2D eigenvalue weighted by atomic mass is 32.1. The van der Waals surface area contributed by atoms with Crippen molar-refractivity contribution in [2.45, 2.75) is 13.8 Å². The van der Waals surface area contributed by atoms with Gasteiger partial charge in [0.1, 0.15) is 0 Å². The third kappa shape index (κ3) is 4.56. The third-order valence-corrected chi connectivity index (χ3v) is 1.58. The SMILES string of the molecule is CC(C)CNC(=S)N(C)C. The fraction of sp³-hybridized carbons (Fsp3) is 0.857. The smallest absolute Gasteiger partial charge is 0.168 e. The van der Waals surface area contributed by atoms with Crippen LogP contribution >= 0.6 is 12.2 Å².